The van der Waals surface area contributed by atoms with Crippen LogP contribution in [0, 0.1) is 6.92 Å². The molecule has 3 rings (SSSR count). The van der Waals surface area contributed by atoms with E-state index >= 15 is 0 Å². The molecule has 0 saturated carbocycles. The molecule has 5 nitrogen and oxygen atoms in total. The number of anilines is 1. The third-order valence-corrected chi connectivity index (χ3v) is 4.11. The summed E-state index contributed by atoms with van der Waals surface area (Å²) in [5, 5.41) is 2.85. The van der Waals surface area contributed by atoms with E-state index in [0.29, 0.717) is 36.0 Å². The van der Waals surface area contributed by atoms with Gasteiger partial charge in [-0.2, -0.15) is 0 Å². The van der Waals surface area contributed by atoms with Gasteiger partial charge in [-0.3, -0.25) is 4.79 Å². The first kappa shape index (κ1) is 19.3. The van der Waals surface area contributed by atoms with Gasteiger partial charge in [0, 0.05) is 5.69 Å². The number of rotatable bonds is 8. The molecule has 0 saturated heterocycles. The molecule has 0 heterocycles. The van der Waals surface area contributed by atoms with Crippen LogP contribution in [0.1, 0.15) is 15.9 Å². The Morgan fingerprint density at radius 2 is 1.39 bits per heavy atom. The Kier molecular flexibility index (Phi) is 6.52. The molecule has 0 aliphatic rings. The molecule has 0 atom stereocenters. The van der Waals surface area contributed by atoms with E-state index < -0.39 is 0 Å². The number of ether oxygens (including phenoxy) is 3. The van der Waals surface area contributed by atoms with E-state index in [1.165, 1.54) is 5.56 Å². The first-order chi connectivity index (χ1) is 13.7. The lowest BCUT2D eigenvalue weighted by atomic mass is 10.2. The van der Waals surface area contributed by atoms with Gasteiger partial charge in [0.25, 0.3) is 5.91 Å². The molecule has 0 aromatic heterocycles. The van der Waals surface area contributed by atoms with Crippen molar-refractivity contribution in [2.45, 2.75) is 6.92 Å². The fourth-order valence-electron chi connectivity index (χ4n) is 2.62. The summed E-state index contributed by atoms with van der Waals surface area (Å²) in [5.74, 6) is 1.84. The highest BCUT2D eigenvalue weighted by atomic mass is 16.5. The van der Waals surface area contributed by atoms with Crippen molar-refractivity contribution in [1.82, 2.24) is 0 Å². The summed E-state index contributed by atoms with van der Waals surface area (Å²) in [7, 11) is 1.54. The van der Waals surface area contributed by atoms with E-state index in [-0.39, 0.29) is 5.91 Å². The van der Waals surface area contributed by atoms with Crippen LogP contribution < -0.4 is 19.5 Å². The molecule has 5 heteroatoms. The van der Waals surface area contributed by atoms with Gasteiger partial charge in [0.05, 0.1) is 12.7 Å². The molecule has 0 spiro atoms. The zero-order chi connectivity index (χ0) is 19.8. The summed E-state index contributed by atoms with van der Waals surface area (Å²) in [6.07, 6.45) is 0. The van der Waals surface area contributed by atoms with Crippen molar-refractivity contribution in [3.8, 4) is 17.2 Å². The number of hydrogen-bond acceptors (Lipinski definition) is 4. The summed E-state index contributed by atoms with van der Waals surface area (Å²) in [4.78, 5) is 12.4. The van der Waals surface area contributed by atoms with E-state index in [0.717, 1.165) is 5.75 Å². The highest BCUT2D eigenvalue weighted by Gasteiger charge is 2.11. The van der Waals surface area contributed by atoms with Gasteiger partial charge in [-0.1, -0.05) is 29.8 Å². The number of benzene rings is 3. The Morgan fingerprint density at radius 1 is 0.821 bits per heavy atom. The number of para-hydroxylation sites is 1. The van der Waals surface area contributed by atoms with Crippen molar-refractivity contribution in [2.75, 3.05) is 25.6 Å². The molecule has 0 bridgehead atoms. The molecule has 0 aliphatic carbocycles. The Bertz CT molecular complexity index is 905. The van der Waals surface area contributed by atoms with Crippen LogP contribution in [-0.4, -0.2) is 26.2 Å². The molecule has 0 aliphatic heterocycles. The van der Waals surface area contributed by atoms with Crippen LogP contribution >= 0.6 is 0 Å². The van der Waals surface area contributed by atoms with Crippen LogP contribution in [-0.2, 0) is 0 Å². The summed E-state index contributed by atoms with van der Waals surface area (Å²) in [6, 6.07) is 22.2. The molecule has 144 valence electrons. The van der Waals surface area contributed by atoms with E-state index in [1.54, 1.807) is 37.4 Å². The van der Waals surface area contributed by atoms with Crippen molar-refractivity contribution >= 4 is 11.6 Å². The second kappa shape index (κ2) is 9.46. The van der Waals surface area contributed by atoms with Crippen molar-refractivity contribution in [3.63, 3.8) is 0 Å². The topological polar surface area (TPSA) is 56.8 Å². The minimum Gasteiger partial charge on any atom is -0.496 e. The van der Waals surface area contributed by atoms with Gasteiger partial charge in [0.15, 0.2) is 0 Å². The summed E-state index contributed by atoms with van der Waals surface area (Å²) >= 11 is 0. The van der Waals surface area contributed by atoms with Gasteiger partial charge in [-0.15, -0.1) is 0 Å². The van der Waals surface area contributed by atoms with Crippen LogP contribution in [0.25, 0.3) is 0 Å². The van der Waals surface area contributed by atoms with Gasteiger partial charge in [0.2, 0.25) is 0 Å². The quantitative estimate of drug-likeness (QED) is 0.578. The van der Waals surface area contributed by atoms with Crippen LogP contribution in [0.4, 0.5) is 5.69 Å². The normalized spacial score (nSPS) is 10.2. The predicted molar refractivity (Wildman–Crippen MR) is 110 cm³/mol. The number of aryl methyl sites for hydroxylation is 1. The molecule has 3 aromatic rings. The van der Waals surface area contributed by atoms with E-state index in [2.05, 4.69) is 5.32 Å². The van der Waals surface area contributed by atoms with Gasteiger partial charge in [0.1, 0.15) is 30.5 Å². The van der Waals surface area contributed by atoms with Gasteiger partial charge in [-0.25, -0.2) is 0 Å². The molecule has 1 amide bonds. The van der Waals surface area contributed by atoms with Crippen LogP contribution in [0.3, 0.4) is 0 Å². The Hall–Kier alpha value is -3.47. The first-order valence-corrected chi connectivity index (χ1v) is 9.02. The van der Waals surface area contributed by atoms with E-state index in [1.807, 2.05) is 49.4 Å². The molecule has 1 N–H and O–H groups in total. The second-order valence-corrected chi connectivity index (χ2v) is 6.19. The van der Waals surface area contributed by atoms with E-state index in [9.17, 15) is 4.79 Å². The van der Waals surface area contributed by atoms with Crippen molar-refractivity contribution in [2.24, 2.45) is 0 Å². The maximum atomic E-state index is 12.4. The summed E-state index contributed by atoms with van der Waals surface area (Å²) in [5.41, 5.74) is 2.36. The lowest BCUT2D eigenvalue weighted by molar-refractivity contribution is 0.102. The average molecular weight is 377 g/mol. The van der Waals surface area contributed by atoms with Gasteiger partial charge < -0.3 is 19.5 Å². The third kappa shape index (κ3) is 5.27. The smallest absolute Gasteiger partial charge is 0.259 e. The number of carbonyl (C=O) groups is 1. The number of nitrogens with one attached hydrogen (secondary N) is 1. The number of amides is 1. The maximum Gasteiger partial charge on any atom is 0.259 e. The first-order valence-electron chi connectivity index (χ1n) is 9.02. The predicted octanol–water partition coefficient (Wildman–Crippen LogP) is 4.71. The van der Waals surface area contributed by atoms with Gasteiger partial charge in [-0.05, 0) is 55.5 Å². The average Bonchev–Trinajstić information content (AvgIpc) is 2.73. The highest BCUT2D eigenvalue weighted by molar-refractivity contribution is 6.06. The Balaban J connectivity index is 1.48. The second-order valence-electron chi connectivity index (χ2n) is 6.19. The van der Waals surface area contributed by atoms with Gasteiger partial charge >= 0.3 is 0 Å². The molecule has 0 radical (unpaired) electrons. The van der Waals surface area contributed by atoms with Crippen molar-refractivity contribution < 1.29 is 19.0 Å². The lowest BCUT2D eigenvalue weighted by Gasteiger charge is -2.11. The Labute approximate surface area is 164 Å². The molecule has 0 unspecified atom stereocenters. The zero-order valence-corrected chi connectivity index (χ0v) is 16.0. The maximum absolute atomic E-state index is 12.4. The molecular weight excluding hydrogens is 354 g/mol. The fraction of sp³-hybridized carbons (Fsp3) is 0.174. The number of hydrogen-bond donors (Lipinski definition) is 1. The minimum atomic E-state index is -0.224. The fourth-order valence-corrected chi connectivity index (χ4v) is 2.62. The summed E-state index contributed by atoms with van der Waals surface area (Å²) < 4.78 is 16.5. The number of methoxy groups -OCH3 is 1. The largest absolute Gasteiger partial charge is 0.496 e. The molecule has 0 fully saturated rings. The SMILES string of the molecule is COc1ccccc1C(=O)Nc1ccc(OCCOc2ccc(C)cc2)cc1. The van der Waals surface area contributed by atoms with Crippen LogP contribution in [0.15, 0.2) is 72.8 Å². The monoisotopic (exact) mass is 377 g/mol. The van der Waals surface area contributed by atoms with Crippen molar-refractivity contribution in [3.05, 3.63) is 83.9 Å². The molecule has 3 aromatic carbocycles. The summed E-state index contributed by atoms with van der Waals surface area (Å²) in [6.45, 7) is 2.92. The van der Waals surface area contributed by atoms with Crippen LogP contribution in [0.5, 0.6) is 17.2 Å². The Morgan fingerprint density at radius 3 is 2.00 bits per heavy atom. The molecular formula is C23H23NO4. The lowest BCUT2D eigenvalue weighted by Crippen LogP contribution is -2.13. The standard InChI is InChI=1S/C23H23NO4/c1-17-7-11-19(12-8-17)27-15-16-28-20-13-9-18(10-14-20)24-23(25)21-5-3-4-6-22(21)26-2/h3-14H,15-16H2,1-2H3,(H,24,25). The minimum absolute atomic E-state index is 0.224. The molecule has 28 heavy (non-hydrogen) atoms. The number of carbonyl (C=O) groups excluding carboxylic acids is 1. The van der Waals surface area contributed by atoms with E-state index in [4.69, 9.17) is 14.2 Å². The highest BCUT2D eigenvalue weighted by Crippen LogP contribution is 2.21. The third-order valence-electron chi connectivity index (χ3n) is 4.11. The van der Waals surface area contributed by atoms with Crippen LogP contribution in [0.2, 0.25) is 0 Å². The van der Waals surface area contributed by atoms with Crippen molar-refractivity contribution in [1.29, 1.82) is 0 Å². The zero-order valence-electron chi connectivity index (χ0n) is 16.0.